The molecule has 0 aliphatic rings. The Hall–Kier alpha value is -2.10. The van der Waals surface area contributed by atoms with Crippen molar-refractivity contribution in [2.75, 3.05) is 5.32 Å². The van der Waals surface area contributed by atoms with Gasteiger partial charge < -0.3 is 5.32 Å². The van der Waals surface area contributed by atoms with E-state index in [0.29, 0.717) is 5.82 Å². The summed E-state index contributed by atoms with van der Waals surface area (Å²) < 4.78 is 1.87. The molecule has 0 fully saturated rings. The van der Waals surface area contributed by atoms with Crippen molar-refractivity contribution in [3.63, 3.8) is 0 Å². The fourth-order valence-corrected chi connectivity index (χ4v) is 1.86. The summed E-state index contributed by atoms with van der Waals surface area (Å²) in [6.45, 7) is 5.50. The number of carbonyl (C=O) groups excluding carboxylic acids is 1. The van der Waals surface area contributed by atoms with Crippen LogP contribution < -0.4 is 5.32 Å². The zero-order valence-electron chi connectivity index (χ0n) is 10.8. The summed E-state index contributed by atoms with van der Waals surface area (Å²) >= 11 is 0. The maximum Gasteiger partial charge on any atom is 0.222 e. The lowest BCUT2D eigenvalue weighted by Crippen LogP contribution is -2.10. The number of anilines is 1. The minimum atomic E-state index is -0.101. The van der Waals surface area contributed by atoms with E-state index < -0.39 is 0 Å². The molecule has 1 aromatic heterocycles. The molecule has 1 aromatic carbocycles. The second-order valence-electron chi connectivity index (χ2n) is 4.41. The van der Waals surface area contributed by atoms with E-state index in [4.69, 9.17) is 0 Å². The lowest BCUT2D eigenvalue weighted by atomic mass is 10.1. The topological polar surface area (TPSA) is 46.9 Å². The highest BCUT2D eigenvalue weighted by Crippen LogP contribution is 2.20. The number of benzene rings is 1. The maximum atomic E-state index is 11.1. The molecule has 0 spiro atoms. The van der Waals surface area contributed by atoms with E-state index in [1.54, 1.807) is 0 Å². The van der Waals surface area contributed by atoms with E-state index in [2.05, 4.69) is 29.5 Å². The van der Waals surface area contributed by atoms with Crippen molar-refractivity contribution in [2.45, 2.75) is 26.8 Å². The molecule has 1 heterocycles. The number of rotatable bonds is 3. The molecule has 0 aliphatic carbocycles. The summed E-state index contributed by atoms with van der Waals surface area (Å²) in [4.78, 5) is 11.1. The van der Waals surface area contributed by atoms with Crippen LogP contribution in [0.15, 0.2) is 36.5 Å². The van der Waals surface area contributed by atoms with E-state index in [0.717, 1.165) is 5.56 Å². The smallest absolute Gasteiger partial charge is 0.222 e. The van der Waals surface area contributed by atoms with Crippen LogP contribution in [0.4, 0.5) is 5.82 Å². The quantitative estimate of drug-likeness (QED) is 0.901. The fourth-order valence-electron chi connectivity index (χ4n) is 1.86. The summed E-state index contributed by atoms with van der Waals surface area (Å²) in [7, 11) is 0. The second kappa shape index (κ2) is 5.04. The normalized spacial score (nSPS) is 12.2. The van der Waals surface area contributed by atoms with Gasteiger partial charge in [-0.05, 0) is 19.4 Å². The monoisotopic (exact) mass is 243 g/mol. The summed E-state index contributed by atoms with van der Waals surface area (Å²) in [6.07, 6.45) is 1.95. The van der Waals surface area contributed by atoms with E-state index in [1.165, 1.54) is 12.5 Å². The SMILES string of the molecule is CC(=O)Nc1nn([C@@H](C)c2ccccc2)cc1C. The molecular formula is C14H17N3O. The fraction of sp³-hybridized carbons (Fsp3) is 0.286. The molecule has 4 nitrogen and oxygen atoms in total. The van der Waals surface area contributed by atoms with E-state index in [-0.39, 0.29) is 11.9 Å². The minimum absolute atomic E-state index is 0.101. The van der Waals surface area contributed by atoms with Crippen molar-refractivity contribution in [2.24, 2.45) is 0 Å². The molecule has 0 saturated heterocycles. The molecule has 0 aliphatic heterocycles. The third kappa shape index (κ3) is 2.59. The molecule has 94 valence electrons. The van der Waals surface area contributed by atoms with Gasteiger partial charge in [0.1, 0.15) is 0 Å². The number of nitrogens with zero attached hydrogens (tertiary/aromatic N) is 2. The lowest BCUT2D eigenvalue weighted by molar-refractivity contribution is -0.114. The van der Waals surface area contributed by atoms with Gasteiger partial charge in [0.2, 0.25) is 5.91 Å². The number of amides is 1. The van der Waals surface area contributed by atoms with Crippen LogP contribution in [0.1, 0.15) is 31.0 Å². The number of aromatic nitrogens is 2. The van der Waals surface area contributed by atoms with Gasteiger partial charge in [-0.1, -0.05) is 30.3 Å². The summed E-state index contributed by atoms with van der Waals surface area (Å²) in [6, 6.07) is 10.3. The van der Waals surface area contributed by atoms with Crippen molar-refractivity contribution < 1.29 is 4.79 Å². The molecule has 18 heavy (non-hydrogen) atoms. The van der Waals surface area contributed by atoms with Crippen LogP contribution in [0, 0.1) is 6.92 Å². The Balaban J connectivity index is 2.26. The Morgan fingerprint density at radius 3 is 2.61 bits per heavy atom. The van der Waals surface area contributed by atoms with Crippen LogP contribution in [0.2, 0.25) is 0 Å². The van der Waals surface area contributed by atoms with E-state index >= 15 is 0 Å². The Morgan fingerprint density at radius 1 is 1.33 bits per heavy atom. The summed E-state index contributed by atoms with van der Waals surface area (Å²) in [5, 5.41) is 7.14. The van der Waals surface area contributed by atoms with E-state index in [9.17, 15) is 4.79 Å². The highest BCUT2D eigenvalue weighted by atomic mass is 16.1. The molecular weight excluding hydrogens is 226 g/mol. The molecule has 4 heteroatoms. The molecule has 1 atom stereocenters. The maximum absolute atomic E-state index is 11.1. The largest absolute Gasteiger partial charge is 0.309 e. The number of hydrogen-bond acceptors (Lipinski definition) is 2. The highest BCUT2D eigenvalue weighted by Gasteiger charge is 2.12. The molecule has 2 rings (SSSR count). The molecule has 0 saturated carbocycles. The van der Waals surface area contributed by atoms with Crippen molar-refractivity contribution in [3.05, 3.63) is 47.7 Å². The number of carbonyl (C=O) groups is 1. The van der Waals surface area contributed by atoms with Gasteiger partial charge in [-0.3, -0.25) is 9.48 Å². The van der Waals surface area contributed by atoms with Gasteiger partial charge in [0.15, 0.2) is 5.82 Å². The molecule has 1 amide bonds. The molecule has 1 N–H and O–H groups in total. The second-order valence-corrected chi connectivity index (χ2v) is 4.41. The predicted octanol–water partition coefficient (Wildman–Crippen LogP) is 2.76. The van der Waals surface area contributed by atoms with E-state index in [1.807, 2.05) is 36.0 Å². The number of aryl methyl sites for hydroxylation is 1. The van der Waals surface area contributed by atoms with Gasteiger partial charge in [0.25, 0.3) is 0 Å². The average Bonchev–Trinajstić information content (AvgIpc) is 2.70. The van der Waals surface area contributed by atoms with Gasteiger partial charge in [0.05, 0.1) is 6.04 Å². The van der Waals surface area contributed by atoms with Gasteiger partial charge in [-0.2, -0.15) is 5.10 Å². The standard InChI is InChI=1S/C14H17N3O/c1-10-9-17(16-14(10)15-12(3)18)11(2)13-7-5-4-6-8-13/h4-9,11H,1-3H3,(H,15,16,18)/t11-/m0/s1. The molecule has 2 aromatic rings. The van der Waals surface area contributed by atoms with Gasteiger partial charge in [0, 0.05) is 18.7 Å². The highest BCUT2D eigenvalue weighted by molar-refractivity contribution is 5.88. The molecule has 0 radical (unpaired) electrons. The first-order valence-electron chi connectivity index (χ1n) is 5.96. The first-order valence-corrected chi connectivity index (χ1v) is 5.96. The average molecular weight is 243 g/mol. The Labute approximate surface area is 107 Å². The van der Waals surface area contributed by atoms with Crippen LogP contribution in [0.3, 0.4) is 0 Å². The van der Waals surface area contributed by atoms with Crippen LogP contribution in [-0.2, 0) is 4.79 Å². The third-order valence-electron chi connectivity index (χ3n) is 2.89. The third-order valence-corrected chi connectivity index (χ3v) is 2.89. The number of nitrogens with one attached hydrogen (secondary N) is 1. The van der Waals surface area contributed by atoms with Crippen molar-refractivity contribution in [1.29, 1.82) is 0 Å². The van der Waals surface area contributed by atoms with Crippen LogP contribution >= 0.6 is 0 Å². The van der Waals surface area contributed by atoms with Gasteiger partial charge in [-0.25, -0.2) is 0 Å². The van der Waals surface area contributed by atoms with Gasteiger partial charge in [-0.15, -0.1) is 0 Å². The summed E-state index contributed by atoms with van der Waals surface area (Å²) in [5.41, 5.74) is 2.15. The van der Waals surface area contributed by atoms with Crippen molar-refractivity contribution in [1.82, 2.24) is 9.78 Å². The van der Waals surface area contributed by atoms with Crippen LogP contribution in [0.25, 0.3) is 0 Å². The Kier molecular flexibility index (Phi) is 3.46. The Bertz CT molecular complexity index is 545. The zero-order chi connectivity index (χ0) is 13.1. The van der Waals surface area contributed by atoms with Crippen molar-refractivity contribution in [3.8, 4) is 0 Å². The van der Waals surface area contributed by atoms with Gasteiger partial charge >= 0.3 is 0 Å². The summed E-state index contributed by atoms with van der Waals surface area (Å²) in [5.74, 6) is 0.529. The van der Waals surface area contributed by atoms with Crippen LogP contribution in [-0.4, -0.2) is 15.7 Å². The first kappa shape index (κ1) is 12.4. The first-order chi connectivity index (χ1) is 8.58. The van der Waals surface area contributed by atoms with Crippen molar-refractivity contribution >= 4 is 11.7 Å². The minimum Gasteiger partial charge on any atom is -0.309 e. The molecule has 0 unspecified atom stereocenters. The zero-order valence-corrected chi connectivity index (χ0v) is 10.8. The Morgan fingerprint density at radius 2 is 2.00 bits per heavy atom. The predicted molar refractivity (Wildman–Crippen MR) is 71.5 cm³/mol. The van der Waals surface area contributed by atoms with Crippen LogP contribution in [0.5, 0.6) is 0 Å². The number of hydrogen-bond donors (Lipinski definition) is 1. The lowest BCUT2D eigenvalue weighted by Gasteiger charge is -2.12. The molecule has 0 bridgehead atoms.